The Morgan fingerprint density at radius 1 is 0.826 bits per heavy atom. The van der Waals surface area contributed by atoms with Crippen LogP contribution in [-0.4, -0.2) is 30.3 Å². The van der Waals surface area contributed by atoms with Gasteiger partial charge >= 0.3 is 0 Å². The summed E-state index contributed by atoms with van der Waals surface area (Å²) in [6.07, 6.45) is 4.52. The Hall–Kier alpha value is -1.64. The van der Waals surface area contributed by atoms with Gasteiger partial charge in [-0.15, -0.1) is 12.4 Å². The number of piperidine rings is 1. The highest BCUT2D eigenvalue weighted by molar-refractivity contribution is 5.96. The normalized spacial score (nSPS) is 15.0. The molecule has 0 atom stereocenters. The minimum absolute atomic E-state index is 0. The maximum atomic E-state index is 12.3. The zero-order chi connectivity index (χ0) is 15.2. The number of likely N-dealkylation sites (tertiary alicyclic amines) is 1. The fourth-order valence-electron chi connectivity index (χ4n) is 3.07. The summed E-state index contributed by atoms with van der Waals surface area (Å²) in [5, 5.41) is 0. The first-order valence-electron chi connectivity index (χ1n) is 8.24. The van der Waals surface area contributed by atoms with Crippen molar-refractivity contribution in [1.29, 1.82) is 0 Å². The predicted molar refractivity (Wildman–Crippen MR) is 98.4 cm³/mol. The van der Waals surface area contributed by atoms with E-state index in [9.17, 15) is 4.79 Å². The molecule has 0 aromatic heterocycles. The van der Waals surface area contributed by atoms with E-state index in [2.05, 4.69) is 17.0 Å². The molecule has 3 rings (SSSR count). The van der Waals surface area contributed by atoms with E-state index in [0.29, 0.717) is 6.42 Å². The van der Waals surface area contributed by atoms with Gasteiger partial charge < -0.3 is 4.90 Å². The van der Waals surface area contributed by atoms with Crippen molar-refractivity contribution in [3.05, 3.63) is 60.2 Å². The monoisotopic (exact) mass is 329 g/mol. The van der Waals surface area contributed by atoms with Crippen LogP contribution in [0, 0.1) is 0 Å². The van der Waals surface area contributed by atoms with E-state index in [0.717, 1.165) is 30.8 Å². The SMILES string of the molecule is Cl.O=C(CCN1CCCCC1)c1ccc(-c2ccccc2)cc1. The van der Waals surface area contributed by atoms with Gasteiger partial charge in [0.1, 0.15) is 0 Å². The van der Waals surface area contributed by atoms with Crippen LogP contribution >= 0.6 is 12.4 Å². The lowest BCUT2D eigenvalue weighted by molar-refractivity contribution is 0.0958. The van der Waals surface area contributed by atoms with Gasteiger partial charge in [0.05, 0.1) is 0 Å². The molecule has 3 heteroatoms. The molecule has 0 bridgehead atoms. The molecule has 0 amide bonds. The molecule has 1 fully saturated rings. The third kappa shape index (κ3) is 4.92. The Bertz CT molecular complexity index is 603. The van der Waals surface area contributed by atoms with Crippen LogP contribution in [0.25, 0.3) is 11.1 Å². The molecule has 0 spiro atoms. The summed E-state index contributed by atoms with van der Waals surface area (Å²) in [4.78, 5) is 14.7. The average Bonchev–Trinajstić information content (AvgIpc) is 2.61. The number of halogens is 1. The molecular weight excluding hydrogens is 306 g/mol. The molecule has 1 aliphatic rings. The van der Waals surface area contributed by atoms with Gasteiger partial charge in [0.25, 0.3) is 0 Å². The number of carbonyl (C=O) groups excluding carboxylic acids is 1. The van der Waals surface area contributed by atoms with Crippen molar-refractivity contribution < 1.29 is 4.79 Å². The second-order valence-electron chi connectivity index (χ2n) is 6.02. The molecule has 1 aliphatic heterocycles. The average molecular weight is 330 g/mol. The van der Waals surface area contributed by atoms with Crippen LogP contribution < -0.4 is 0 Å². The molecule has 0 N–H and O–H groups in total. The Labute approximate surface area is 144 Å². The molecule has 0 unspecified atom stereocenters. The van der Waals surface area contributed by atoms with E-state index in [4.69, 9.17) is 0 Å². The Kier molecular flexibility index (Phi) is 6.82. The first-order chi connectivity index (χ1) is 10.8. The number of carbonyl (C=O) groups is 1. The number of benzene rings is 2. The minimum atomic E-state index is 0. The van der Waals surface area contributed by atoms with Crippen LogP contribution in [0.4, 0.5) is 0 Å². The van der Waals surface area contributed by atoms with E-state index in [-0.39, 0.29) is 18.2 Å². The molecular formula is C20H24ClNO. The summed E-state index contributed by atoms with van der Waals surface area (Å²) >= 11 is 0. The molecule has 1 heterocycles. The van der Waals surface area contributed by atoms with Crippen molar-refractivity contribution in [3.63, 3.8) is 0 Å². The van der Waals surface area contributed by atoms with Crippen LogP contribution in [-0.2, 0) is 0 Å². The quantitative estimate of drug-likeness (QED) is 0.732. The fraction of sp³-hybridized carbons (Fsp3) is 0.350. The zero-order valence-corrected chi connectivity index (χ0v) is 14.2. The number of rotatable bonds is 5. The second-order valence-corrected chi connectivity index (χ2v) is 6.02. The van der Waals surface area contributed by atoms with Gasteiger partial charge in [-0.25, -0.2) is 0 Å². The number of ketones is 1. The summed E-state index contributed by atoms with van der Waals surface area (Å²) in [5.74, 6) is 0.255. The van der Waals surface area contributed by atoms with E-state index >= 15 is 0 Å². The number of nitrogens with zero attached hydrogens (tertiary/aromatic N) is 1. The maximum Gasteiger partial charge on any atom is 0.164 e. The van der Waals surface area contributed by atoms with Gasteiger partial charge in [-0.1, -0.05) is 61.0 Å². The highest BCUT2D eigenvalue weighted by Gasteiger charge is 2.12. The third-order valence-corrected chi connectivity index (χ3v) is 4.42. The van der Waals surface area contributed by atoms with E-state index in [1.807, 2.05) is 42.5 Å². The second kappa shape index (κ2) is 8.85. The Morgan fingerprint density at radius 2 is 1.43 bits per heavy atom. The van der Waals surface area contributed by atoms with Crippen molar-refractivity contribution >= 4 is 18.2 Å². The molecule has 2 aromatic carbocycles. The highest BCUT2D eigenvalue weighted by atomic mass is 35.5. The smallest absolute Gasteiger partial charge is 0.164 e. The standard InChI is InChI=1S/C20H23NO.ClH/c22-20(13-16-21-14-5-2-6-15-21)19-11-9-18(10-12-19)17-7-3-1-4-8-17;/h1,3-4,7-12H,2,5-6,13-16H2;1H. The summed E-state index contributed by atoms with van der Waals surface area (Å²) < 4.78 is 0. The van der Waals surface area contributed by atoms with E-state index < -0.39 is 0 Å². The number of hydrogen-bond donors (Lipinski definition) is 0. The van der Waals surface area contributed by atoms with E-state index in [1.165, 1.54) is 24.8 Å². The van der Waals surface area contributed by atoms with Crippen molar-refractivity contribution in [3.8, 4) is 11.1 Å². The van der Waals surface area contributed by atoms with Crippen molar-refractivity contribution in [2.75, 3.05) is 19.6 Å². The third-order valence-electron chi connectivity index (χ3n) is 4.42. The van der Waals surface area contributed by atoms with Crippen molar-refractivity contribution in [1.82, 2.24) is 4.90 Å². The Morgan fingerprint density at radius 3 is 2.09 bits per heavy atom. The van der Waals surface area contributed by atoms with Gasteiger partial charge in [-0.3, -0.25) is 4.79 Å². The molecule has 1 saturated heterocycles. The maximum absolute atomic E-state index is 12.3. The summed E-state index contributed by atoms with van der Waals surface area (Å²) in [6.45, 7) is 3.21. The predicted octanol–water partition coefficient (Wildman–Crippen LogP) is 4.83. The van der Waals surface area contributed by atoms with Gasteiger partial charge in [-0.2, -0.15) is 0 Å². The van der Waals surface area contributed by atoms with Crippen LogP contribution in [0.2, 0.25) is 0 Å². The molecule has 23 heavy (non-hydrogen) atoms. The van der Waals surface area contributed by atoms with E-state index in [1.54, 1.807) is 0 Å². The summed E-state index contributed by atoms with van der Waals surface area (Å²) in [6, 6.07) is 18.3. The summed E-state index contributed by atoms with van der Waals surface area (Å²) in [7, 11) is 0. The van der Waals surface area contributed by atoms with Crippen molar-refractivity contribution in [2.45, 2.75) is 25.7 Å². The molecule has 2 aromatic rings. The lowest BCUT2D eigenvalue weighted by atomic mass is 10.0. The molecule has 122 valence electrons. The van der Waals surface area contributed by atoms with Crippen molar-refractivity contribution in [2.24, 2.45) is 0 Å². The zero-order valence-electron chi connectivity index (χ0n) is 13.4. The molecule has 0 radical (unpaired) electrons. The molecule has 0 saturated carbocycles. The number of Topliss-reactive ketones (excluding diaryl/α,β-unsaturated/α-hetero) is 1. The van der Waals surface area contributed by atoms with Gasteiger partial charge in [0.2, 0.25) is 0 Å². The molecule has 2 nitrogen and oxygen atoms in total. The van der Waals surface area contributed by atoms with Gasteiger partial charge in [-0.05, 0) is 37.1 Å². The van der Waals surface area contributed by atoms with Crippen LogP contribution in [0.3, 0.4) is 0 Å². The van der Waals surface area contributed by atoms with Crippen LogP contribution in [0.5, 0.6) is 0 Å². The van der Waals surface area contributed by atoms with Crippen LogP contribution in [0.15, 0.2) is 54.6 Å². The largest absolute Gasteiger partial charge is 0.303 e. The lowest BCUT2D eigenvalue weighted by Crippen LogP contribution is -2.31. The number of hydrogen-bond acceptors (Lipinski definition) is 2. The van der Waals surface area contributed by atoms with Crippen LogP contribution in [0.1, 0.15) is 36.0 Å². The first kappa shape index (κ1) is 17.7. The Balaban J connectivity index is 0.00000192. The fourth-order valence-corrected chi connectivity index (χ4v) is 3.07. The first-order valence-corrected chi connectivity index (χ1v) is 8.24. The minimum Gasteiger partial charge on any atom is -0.303 e. The molecule has 0 aliphatic carbocycles. The highest BCUT2D eigenvalue weighted by Crippen LogP contribution is 2.20. The summed E-state index contributed by atoms with van der Waals surface area (Å²) in [5.41, 5.74) is 3.18. The van der Waals surface area contributed by atoms with Gasteiger partial charge in [0, 0.05) is 18.5 Å². The van der Waals surface area contributed by atoms with Gasteiger partial charge in [0.15, 0.2) is 5.78 Å². The topological polar surface area (TPSA) is 20.3 Å². The lowest BCUT2D eigenvalue weighted by Gasteiger charge is -2.25.